The van der Waals surface area contributed by atoms with Crippen molar-refractivity contribution in [3.05, 3.63) is 34.9 Å². The summed E-state index contributed by atoms with van der Waals surface area (Å²) in [6.07, 6.45) is 2.09. The molecular weight excluding hydrogens is 254 g/mol. The Labute approximate surface area is 119 Å². The lowest BCUT2D eigenvalue weighted by atomic mass is 9.93. The van der Waals surface area contributed by atoms with Crippen LogP contribution in [0.2, 0.25) is 0 Å². The fraction of sp³-hybridized carbons (Fsp3) is 0.562. The summed E-state index contributed by atoms with van der Waals surface area (Å²) < 4.78 is 0. The van der Waals surface area contributed by atoms with Crippen LogP contribution in [0.3, 0.4) is 0 Å². The van der Waals surface area contributed by atoms with E-state index in [2.05, 4.69) is 5.32 Å². The maximum absolute atomic E-state index is 10.8. The molecule has 0 bridgehead atoms. The Morgan fingerprint density at radius 3 is 2.70 bits per heavy atom. The van der Waals surface area contributed by atoms with E-state index in [1.54, 1.807) is 0 Å². The molecule has 0 heterocycles. The van der Waals surface area contributed by atoms with Crippen LogP contribution in [0.4, 0.5) is 0 Å². The Morgan fingerprint density at radius 1 is 1.40 bits per heavy atom. The zero-order chi connectivity index (χ0) is 14.7. The smallest absolute Gasteiger partial charge is 0.303 e. The lowest BCUT2D eigenvalue weighted by Crippen LogP contribution is -2.37. The minimum Gasteiger partial charge on any atom is -0.481 e. The molecule has 110 valence electrons. The molecule has 3 N–H and O–H groups in total. The first-order chi connectivity index (χ1) is 9.47. The fourth-order valence-electron chi connectivity index (χ4n) is 2.46. The van der Waals surface area contributed by atoms with E-state index in [9.17, 15) is 9.90 Å². The quantitative estimate of drug-likeness (QED) is 0.715. The zero-order valence-electron chi connectivity index (χ0n) is 12.1. The number of aliphatic hydroxyl groups is 1. The Hall–Kier alpha value is -1.39. The van der Waals surface area contributed by atoms with E-state index in [0.29, 0.717) is 12.5 Å². The van der Waals surface area contributed by atoms with Gasteiger partial charge in [0.05, 0.1) is 6.10 Å². The summed E-state index contributed by atoms with van der Waals surface area (Å²) in [4.78, 5) is 10.8. The first kappa shape index (κ1) is 15.0. The van der Waals surface area contributed by atoms with E-state index >= 15 is 0 Å². The summed E-state index contributed by atoms with van der Waals surface area (Å²) in [7, 11) is 0. The molecule has 4 nitrogen and oxygen atoms in total. The van der Waals surface area contributed by atoms with Crippen molar-refractivity contribution < 1.29 is 15.0 Å². The van der Waals surface area contributed by atoms with Crippen LogP contribution in [0.1, 0.15) is 48.5 Å². The normalized spacial score (nSPS) is 17.8. The van der Waals surface area contributed by atoms with Gasteiger partial charge in [0.2, 0.25) is 0 Å². The number of carbonyl (C=O) groups is 1. The van der Waals surface area contributed by atoms with Crippen LogP contribution >= 0.6 is 0 Å². The second-order valence-corrected chi connectivity index (χ2v) is 5.78. The van der Waals surface area contributed by atoms with Crippen molar-refractivity contribution in [2.45, 2.75) is 57.7 Å². The van der Waals surface area contributed by atoms with E-state index < -0.39 is 12.1 Å². The Kier molecular flexibility index (Phi) is 4.78. The summed E-state index contributed by atoms with van der Waals surface area (Å²) in [5.41, 5.74) is 3.04. The molecule has 0 amide bonds. The zero-order valence-corrected chi connectivity index (χ0v) is 12.1. The minimum atomic E-state index is -0.819. The lowest BCUT2D eigenvalue weighted by molar-refractivity contribution is -0.137. The van der Waals surface area contributed by atoms with Crippen LogP contribution < -0.4 is 5.32 Å². The van der Waals surface area contributed by atoms with Crippen molar-refractivity contribution in [2.75, 3.05) is 0 Å². The first-order valence-electron chi connectivity index (χ1n) is 7.20. The second-order valence-electron chi connectivity index (χ2n) is 5.78. The molecule has 20 heavy (non-hydrogen) atoms. The average Bonchev–Trinajstić information content (AvgIpc) is 3.20. The lowest BCUT2D eigenvalue weighted by Gasteiger charge is -2.25. The van der Waals surface area contributed by atoms with Gasteiger partial charge in [0.25, 0.3) is 0 Å². The van der Waals surface area contributed by atoms with Gasteiger partial charge in [0.1, 0.15) is 0 Å². The molecule has 1 aliphatic carbocycles. The van der Waals surface area contributed by atoms with Crippen LogP contribution in [0, 0.1) is 13.8 Å². The molecule has 1 saturated carbocycles. The van der Waals surface area contributed by atoms with E-state index in [-0.39, 0.29) is 12.5 Å². The molecule has 4 heteroatoms. The number of rotatable bonds is 7. The number of hydrogen-bond acceptors (Lipinski definition) is 3. The highest BCUT2D eigenvalue weighted by Crippen LogP contribution is 2.28. The molecule has 1 aromatic rings. The molecule has 2 unspecified atom stereocenters. The number of carboxylic acid groups (broad SMARTS) is 1. The molecule has 1 aliphatic rings. The highest BCUT2D eigenvalue weighted by Gasteiger charge is 2.30. The molecule has 1 aromatic carbocycles. The number of aryl methyl sites for hydroxylation is 2. The van der Waals surface area contributed by atoms with Crippen LogP contribution in [-0.2, 0) is 4.79 Å². The average molecular weight is 277 g/mol. The standard InChI is InChI=1S/C16H23NO3/c1-10-3-4-11(2)13(9-10)16(20)14(7-8-15(18)19)17-12-5-6-12/h3-4,9,12,14,16-17,20H,5-8H2,1-2H3,(H,18,19). The molecule has 0 aliphatic heterocycles. The third kappa shape index (κ3) is 4.05. The number of benzene rings is 1. The number of carboxylic acids is 1. The monoisotopic (exact) mass is 277 g/mol. The van der Waals surface area contributed by atoms with Crippen LogP contribution in [-0.4, -0.2) is 28.3 Å². The molecular formula is C16H23NO3. The van der Waals surface area contributed by atoms with Gasteiger partial charge in [-0.1, -0.05) is 23.8 Å². The van der Waals surface area contributed by atoms with Gasteiger partial charge in [-0.15, -0.1) is 0 Å². The molecule has 0 spiro atoms. The number of aliphatic hydroxyl groups excluding tert-OH is 1. The van der Waals surface area contributed by atoms with Crippen molar-refractivity contribution in [1.82, 2.24) is 5.32 Å². The summed E-state index contributed by atoms with van der Waals surface area (Å²) in [5.74, 6) is -0.819. The first-order valence-corrected chi connectivity index (χ1v) is 7.20. The molecule has 2 atom stereocenters. The second kappa shape index (κ2) is 6.37. The van der Waals surface area contributed by atoms with Gasteiger partial charge in [-0.3, -0.25) is 4.79 Å². The summed E-state index contributed by atoms with van der Waals surface area (Å²) in [6, 6.07) is 6.25. The van der Waals surface area contributed by atoms with Gasteiger partial charge in [0.15, 0.2) is 0 Å². The predicted octanol–water partition coefficient (Wildman–Crippen LogP) is 2.32. The van der Waals surface area contributed by atoms with Crippen molar-refractivity contribution >= 4 is 5.97 Å². The van der Waals surface area contributed by atoms with Crippen molar-refractivity contribution in [3.63, 3.8) is 0 Å². The van der Waals surface area contributed by atoms with Gasteiger partial charge in [-0.05, 0) is 44.2 Å². The number of aliphatic carboxylic acids is 1. The van der Waals surface area contributed by atoms with Crippen LogP contribution in [0.25, 0.3) is 0 Å². The molecule has 0 radical (unpaired) electrons. The van der Waals surface area contributed by atoms with Crippen molar-refractivity contribution in [2.24, 2.45) is 0 Å². The molecule has 0 saturated heterocycles. The van der Waals surface area contributed by atoms with Gasteiger partial charge in [0, 0.05) is 18.5 Å². The number of nitrogens with one attached hydrogen (secondary N) is 1. The molecule has 1 fully saturated rings. The third-order valence-electron chi connectivity index (χ3n) is 3.83. The van der Waals surface area contributed by atoms with Gasteiger partial charge in [-0.2, -0.15) is 0 Å². The fourth-order valence-corrected chi connectivity index (χ4v) is 2.46. The number of hydrogen-bond donors (Lipinski definition) is 3. The van der Waals surface area contributed by atoms with E-state index in [4.69, 9.17) is 5.11 Å². The van der Waals surface area contributed by atoms with Gasteiger partial charge in [-0.25, -0.2) is 0 Å². The van der Waals surface area contributed by atoms with Crippen molar-refractivity contribution in [3.8, 4) is 0 Å². The van der Waals surface area contributed by atoms with E-state index in [1.165, 1.54) is 0 Å². The third-order valence-corrected chi connectivity index (χ3v) is 3.83. The largest absolute Gasteiger partial charge is 0.481 e. The van der Waals surface area contributed by atoms with E-state index in [0.717, 1.165) is 29.5 Å². The van der Waals surface area contributed by atoms with E-state index in [1.807, 2.05) is 32.0 Å². The van der Waals surface area contributed by atoms with Crippen LogP contribution in [0.5, 0.6) is 0 Å². The van der Waals surface area contributed by atoms with Gasteiger partial charge >= 0.3 is 5.97 Å². The minimum absolute atomic E-state index is 0.0757. The SMILES string of the molecule is Cc1ccc(C)c(C(O)C(CCC(=O)O)NC2CC2)c1. The Balaban J connectivity index is 2.12. The van der Waals surface area contributed by atoms with Gasteiger partial charge < -0.3 is 15.5 Å². The summed E-state index contributed by atoms with van der Waals surface area (Å²) in [5, 5.41) is 22.9. The highest BCUT2D eigenvalue weighted by atomic mass is 16.4. The van der Waals surface area contributed by atoms with Crippen LogP contribution in [0.15, 0.2) is 18.2 Å². The topological polar surface area (TPSA) is 69.6 Å². The summed E-state index contributed by atoms with van der Waals surface area (Å²) >= 11 is 0. The molecule has 2 rings (SSSR count). The maximum Gasteiger partial charge on any atom is 0.303 e. The maximum atomic E-state index is 10.8. The van der Waals surface area contributed by atoms with Crippen molar-refractivity contribution in [1.29, 1.82) is 0 Å². The highest BCUT2D eigenvalue weighted by molar-refractivity contribution is 5.66. The predicted molar refractivity (Wildman–Crippen MR) is 77.7 cm³/mol. The Bertz CT molecular complexity index is 483. The Morgan fingerprint density at radius 2 is 2.10 bits per heavy atom. The molecule has 0 aromatic heterocycles. The summed E-state index contributed by atoms with van der Waals surface area (Å²) in [6.45, 7) is 3.97.